The van der Waals surface area contributed by atoms with Crippen LogP contribution in [0.1, 0.15) is 0 Å². The highest BCUT2D eigenvalue weighted by Crippen LogP contribution is 2.22. The quantitative estimate of drug-likeness (QED) is 0.705. The number of pyridine rings is 1. The van der Waals surface area contributed by atoms with Gasteiger partial charge in [-0.05, 0) is 12.1 Å². The molecule has 6 heteroatoms. The molecule has 112 valence electrons. The first-order valence-electron chi connectivity index (χ1n) is 6.95. The number of anilines is 1. The molecule has 3 aromatic rings. The Morgan fingerprint density at radius 1 is 1.09 bits per heavy atom. The van der Waals surface area contributed by atoms with Gasteiger partial charge >= 0.3 is 0 Å². The monoisotopic (exact) mass is 296 g/mol. The zero-order valence-corrected chi connectivity index (χ0v) is 12.2. The molecule has 0 saturated carbocycles. The Kier molecular flexibility index (Phi) is 4.41. The molecule has 0 amide bonds. The van der Waals surface area contributed by atoms with Gasteiger partial charge in [0.05, 0.1) is 12.2 Å². The number of rotatable bonds is 6. The van der Waals surface area contributed by atoms with Crippen molar-refractivity contribution in [2.24, 2.45) is 0 Å². The molecule has 0 bridgehead atoms. The van der Waals surface area contributed by atoms with Gasteiger partial charge in [0.1, 0.15) is 5.82 Å². The van der Waals surface area contributed by atoms with Crippen LogP contribution in [-0.2, 0) is 4.74 Å². The Hall–Kier alpha value is -2.73. The average molecular weight is 296 g/mol. The molecule has 0 aliphatic heterocycles. The Morgan fingerprint density at radius 3 is 2.68 bits per heavy atom. The maximum Gasteiger partial charge on any atom is 0.259 e. The molecule has 0 atom stereocenters. The van der Waals surface area contributed by atoms with E-state index in [9.17, 15) is 0 Å². The van der Waals surface area contributed by atoms with E-state index in [1.807, 2.05) is 42.5 Å². The van der Waals surface area contributed by atoms with Crippen LogP contribution in [0.25, 0.3) is 22.8 Å². The van der Waals surface area contributed by atoms with E-state index in [-0.39, 0.29) is 0 Å². The van der Waals surface area contributed by atoms with Crippen LogP contribution in [0.5, 0.6) is 0 Å². The minimum atomic E-state index is 0.454. The van der Waals surface area contributed by atoms with Gasteiger partial charge in [-0.25, -0.2) is 4.98 Å². The fraction of sp³-hybridized carbons (Fsp3) is 0.188. The smallest absolute Gasteiger partial charge is 0.259 e. The third-order valence-electron chi connectivity index (χ3n) is 3.08. The number of hydrogen-bond donors (Lipinski definition) is 1. The highest BCUT2D eigenvalue weighted by atomic mass is 16.5. The van der Waals surface area contributed by atoms with Crippen LogP contribution in [-0.4, -0.2) is 35.4 Å². The van der Waals surface area contributed by atoms with E-state index in [0.717, 1.165) is 16.9 Å². The second-order valence-electron chi connectivity index (χ2n) is 4.64. The first kappa shape index (κ1) is 14.2. The molecule has 22 heavy (non-hydrogen) atoms. The summed E-state index contributed by atoms with van der Waals surface area (Å²) in [5.41, 5.74) is 1.70. The average Bonchev–Trinajstić information content (AvgIpc) is 3.07. The zero-order chi connectivity index (χ0) is 15.2. The maximum atomic E-state index is 5.30. The molecule has 3 rings (SSSR count). The Labute approximate surface area is 128 Å². The van der Waals surface area contributed by atoms with Crippen LogP contribution in [0.2, 0.25) is 0 Å². The number of methoxy groups -OCH3 is 1. The van der Waals surface area contributed by atoms with Crippen molar-refractivity contribution < 1.29 is 9.26 Å². The number of aromatic nitrogens is 3. The van der Waals surface area contributed by atoms with Crippen molar-refractivity contribution in [2.75, 3.05) is 25.6 Å². The van der Waals surface area contributed by atoms with E-state index in [2.05, 4.69) is 20.4 Å². The molecule has 1 aromatic carbocycles. The lowest BCUT2D eigenvalue weighted by Crippen LogP contribution is -2.08. The van der Waals surface area contributed by atoms with Crippen molar-refractivity contribution in [1.29, 1.82) is 0 Å². The minimum Gasteiger partial charge on any atom is -0.383 e. The van der Waals surface area contributed by atoms with Gasteiger partial charge in [-0.2, -0.15) is 4.98 Å². The summed E-state index contributed by atoms with van der Waals surface area (Å²) in [4.78, 5) is 8.71. The first-order chi connectivity index (χ1) is 10.9. The Morgan fingerprint density at radius 2 is 1.95 bits per heavy atom. The summed E-state index contributed by atoms with van der Waals surface area (Å²) in [7, 11) is 1.66. The third-order valence-corrected chi connectivity index (χ3v) is 3.08. The minimum absolute atomic E-state index is 0.454. The maximum absolute atomic E-state index is 5.30. The molecule has 1 N–H and O–H groups in total. The highest BCUT2D eigenvalue weighted by molar-refractivity contribution is 5.59. The molecule has 0 saturated heterocycles. The molecule has 6 nitrogen and oxygen atoms in total. The van der Waals surface area contributed by atoms with Crippen molar-refractivity contribution in [3.63, 3.8) is 0 Å². The second kappa shape index (κ2) is 6.82. The third kappa shape index (κ3) is 3.29. The summed E-state index contributed by atoms with van der Waals surface area (Å²) in [6, 6.07) is 13.5. The summed E-state index contributed by atoms with van der Waals surface area (Å²) in [5, 5.41) is 7.15. The molecule has 0 aliphatic rings. The van der Waals surface area contributed by atoms with Crippen molar-refractivity contribution in [1.82, 2.24) is 15.1 Å². The van der Waals surface area contributed by atoms with Crippen molar-refractivity contribution in [2.45, 2.75) is 0 Å². The second-order valence-corrected chi connectivity index (χ2v) is 4.64. The lowest BCUT2D eigenvalue weighted by atomic mass is 10.2. The molecule has 0 spiro atoms. The van der Waals surface area contributed by atoms with Gasteiger partial charge in [0, 0.05) is 25.4 Å². The lowest BCUT2D eigenvalue weighted by molar-refractivity contribution is 0.210. The van der Waals surface area contributed by atoms with E-state index in [4.69, 9.17) is 9.26 Å². The van der Waals surface area contributed by atoms with Gasteiger partial charge in [-0.15, -0.1) is 0 Å². The number of nitrogens with zero attached hydrogens (tertiary/aromatic N) is 3. The summed E-state index contributed by atoms with van der Waals surface area (Å²) in [6.45, 7) is 1.34. The van der Waals surface area contributed by atoms with Crippen LogP contribution in [0.3, 0.4) is 0 Å². The Bertz CT molecular complexity index is 711. The predicted octanol–water partition coefficient (Wildman–Crippen LogP) is 2.86. The summed E-state index contributed by atoms with van der Waals surface area (Å²) in [6.07, 6.45) is 1.71. The van der Waals surface area contributed by atoms with Crippen molar-refractivity contribution in [3.05, 3.63) is 48.7 Å². The van der Waals surface area contributed by atoms with Crippen molar-refractivity contribution in [3.8, 4) is 22.8 Å². The van der Waals surface area contributed by atoms with Gasteiger partial charge < -0.3 is 14.6 Å². The van der Waals surface area contributed by atoms with Crippen LogP contribution in [0, 0.1) is 0 Å². The van der Waals surface area contributed by atoms with E-state index in [0.29, 0.717) is 24.9 Å². The topological polar surface area (TPSA) is 73.1 Å². The summed E-state index contributed by atoms with van der Waals surface area (Å²) < 4.78 is 10.3. The number of ether oxygens (including phenoxy) is 1. The molecular formula is C16H16N4O2. The standard InChI is InChI=1S/C16H16N4O2/c1-21-10-9-17-14-8-7-13(11-18-14)16-19-15(20-22-16)12-5-3-2-4-6-12/h2-8,11H,9-10H2,1H3,(H,17,18). The van der Waals surface area contributed by atoms with Crippen LogP contribution in [0.15, 0.2) is 53.2 Å². The largest absolute Gasteiger partial charge is 0.383 e. The zero-order valence-electron chi connectivity index (χ0n) is 12.2. The van der Waals surface area contributed by atoms with E-state index in [1.165, 1.54) is 0 Å². The molecule has 2 heterocycles. The van der Waals surface area contributed by atoms with Gasteiger partial charge in [0.25, 0.3) is 5.89 Å². The van der Waals surface area contributed by atoms with Crippen LogP contribution >= 0.6 is 0 Å². The summed E-state index contributed by atoms with van der Waals surface area (Å²) >= 11 is 0. The van der Waals surface area contributed by atoms with Gasteiger partial charge in [-0.3, -0.25) is 0 Å². The SMILES string of the molecule is COCCNc1ccc(-c2nc(-c3ccccc3)no2)cn1. The normalized spacial score (nSPS) is 10.6. The first-order valence-corrected chi connectivity index (χ1v) is 6.95. The molecule has 0 radical (unpaired) electrons. The Balaban J connectivity index is 1.73. The van der Waals surface area contributed by atoms with E-state index < -0.39 is 0 Å². The fourth-order valence-electron chi connectivity index (χ4n) is 1.95. The van der Waals surface area contributed by atoms with Gasteiger partial charge in [-0.1, -0.05) is 35.5 Å². The lowest BCUT2D eigenvalue weighted by Gasteiger charge is -2.04. The number of nitrogens with one attached hydrogen (secondary N) is 1. The van der Waals surface area contributed by atoms with Gasteiger partial charge in [0.2, 0.25) is 5.82 Å². The van der Waals surface area contributed by atoms with Crippen LogP contribution in [0.4, 0.5) is 5.82 Å². The number of hydrogen-bond acceptors (Lipinski definition) is 6. The van der Waals surface area contributed by atoms with Gasteiger partial charge in [0.15, 0.2) is 0 Å². The predicted molar refractivity (Wildman–Crippen MR) is 83.3 cm³/mol. The molecule has 0 fully saturated rings. The number of benzene rings is 1. The molecular weight excluding hydrogens is 280 g/mol. The molecule has 0 aliphatic carbocycles. The van der Waals surface area contributed by atoms with E-state index >= 15 is 0 Å². The molecule has 0 unspecified atom stereocenters. The van der Waals surface area contributed by atoms with Crippen molar-refractivity contribution >= 4 is 5.82 Å². The van der Waals surface area contributed by atoms with Crippen LogP contribution < -0.4 is 5.32 Å². The molecule has 2 aromatic heterocycles. The fourth-order valence-corrected chi connectivity index (χ4v) is 1.95. The highest BCUT2D eigenvalue weighted by Gasteiger charge is 2.10. The summed E-state index contributed by atoms with van der Waals surface area (Å²) in [5.74, 6) is 1.80. The van der Waals surface area contributed by atoms with E-state index in [1.54, 1.807) is 13.3 Å².